The van der Waals surface area contributed by atoms with Crippen LogP contribution in [0.15, 0.2) is 22.8 Å². The second-order valence-corrected chi connectivity index (χ2v) is 4.15. The first-order valence-corrected chi connectivity index (χ1v) is 5.64. The summed E-state index contributed by atoms with van der Waals surface area (Å²) in [7, 11) is 0. The minimum absolute atomic E-state index is 0.367. The molecule has 0 aliphatic carbocycles. The van der Waals surface area contributed by atoms with Gasteiger partial charge in [0.1, 0.15) is 0 Å². The van der Waals surface area contributed by atoms with Gasteiger partial charge in [-0.3, -0.25) is 0 Å². The Labute approximate surface area is 107 Å². The molecule has 96 valence electrons. The Morgan fingerprint density at radius 1 is 1.26 bits per heavy atom. The number of nitrogens with two attached hydrogens (primary N) is 1. The molecule has 7 heteroatoms. The van der Waals surface area contributed by atoms with Crippen LogP contribution in [0.2, 0.25) is 0 Å². The number of fused-ring (bicyclic) bond motifs is 1. The number of nitrogen functional groups attached to an aromatic ring is 1. The van der Waals surface area contributed by atoms with Crippen molar-refractivity contribution in [2.24, 2.45) is 0 Å². The summed E-state index contributed by atoms with van der Waals surface area (Å²) in [5.74, 6) is -0.522. The van der Waals surface area contributed by atoms with Crippen LogP contribution >= 0.6 is 0 Å². The summed E-state index contributed by atoms with van der Waals surface area (Å²) in [4.78, 5) is 8.06. The molecule has 0 aliphatic rings. The molecule has 0 fully saturated rings. The Kier molecular flexibility index (Phi) is 2.59. The van der Waals surface area contributed by atoms with Crippen LogP contribution in [0.4, 0.5) is 10.1 Å². The SMILES string of the molecule is Cc1nc2nonc2c(N)c1Cc1cccc(F)n1. The second kappa shape index (κ2) is 4.27. The monoisotopic (exact) mass is 259 g/mol. The van der Waals surface area contributed by atoms with Crippen LogP contribution in [0.1, 0.15) is 17.0 Å². The van der Waals surface area contributed by atoms with E-state index >= 15 is 0 Å². The summed E-state index contributed by atoms with van der Waals surface area (Å²) in [6, 6.07) is 4.63. The molecule has 0 spiro atoms. The highest BCUT2D eigenvalue weighted by Crippen LogP contribution is 2.25. The van der Waals surface area contributed by atoms with Gasteiger partial charge < -0.3 is 5.73 Å². The first-order valence-electron chi connectivity index (χ1n) is 5.64. The first-order chi connectivity index (χ1) is 9.15. The van der Waals surface area contributed by atoms with Gasteiger partial charge in [0.2, 0.25) is 11.6 Å². The maximum atomic E-state index is 13.1. The van der Waals surface area contributed by atoms with E-state index in [1.165, 1.54) is 6.07 Å². The van der Waals surface area contributed by atoms with Gasteiger partial charge in [-0.2, -0.15) is 4.39 Å². The Morgan fingerprint density at radius 2 is 2.11 bits per heavy atom. The van der Waals surface area contributed by atoms with E-state index in [2.05, 4.69) is 24.9 Å². The number of rotatable bonds is 2. The van der Waals surface area contributed by atoms with Gasteiger partial charge >= 0.3 is 0 Å². The Hall–Kier alpha value is -2.57. The Morgan fingerprint density at radius 3 is 2.89 bits per heavy atom. The molecule has 19 heavy (non-hydrogen) atoms. The first kappa shape index (κ1) is 11.5. The highest BCUT2D eigenvalue weighted by atomic mass is 19.1. The van der Waals surface area contributed by atoms with E-state index in [0.29, 0.717) is 34.7 Å². The molecule has 0 aromatic carbocycles. The van der Waals surface area contributed by atoms with Gasteiger partial charge in [-0.05, 0) is 29.4 Å². The molecular formula is C12H10FN5O. The highest BCUT2D eigenvalue weighted by molar-refractivity contribution is 5.85. The van der Waals surface area contributed by atoms with E-state index < -0.39 is 5.95 Å². The van der Waals surface area contributed by atoms with Crippen LogP contribution in [0.3, 0.4) is 0 Å². The Bertz CT molecular complexity index is 755. The van der Waals surface area contributed by atoms with Crippen molar-refractivity contribution in [3.05, 3.63) is 41.1 Å². The number of anilines is 1. The van der Waals surface area contributed by atoms with Gasteiger partial charge in [0.15, 0.2) is 5.52 Å². The van der Waals surface area contributed by atoms with E-state index in [1.807, 2.05) is 0 Å². The number of hydrogen-bond acceptors (Lipinski definition) is 6. The summed E-state index contributed by atoms with van der Waals surface area (Å²) in [6.07, 6.45) is 0.380. The van der Waals surface area contributed by atoms with Gasteiger partial charge in [-0.1, -0.05) is 6.07 Å². The average molecular weight is 259 g/mol. The van der Waals surface area contributed by atoms with Crippen molar-refractivity contribution in [2.45, 2.75) is 13.3 Å². The second-order valence-electron chi connectivity index (χ2n) is 4.15. The van der Waals surface area contributed by atoms with Crippen molar-refractivity contribution >= 4 is 16.9 Å². The van der Waals surface area contributed by atoms with Crippen molar-refractivity contribution in [2.75, 3.05) is 5.73 Å². The molecule has 0 atom stereocenters. The van der Waals surface area contributed by atoms with Crippen molar-refractivity contribution < 1.29 is 9.02 Å². The highest BCUT2D eigenvalue weighted by Gasteiger charge is 2.15. The average Bonchev–Trinajstić information content (AvgIpc) is 2.83. The molecule has 0 radical (unpaired) electrons. The lowest BCUT2D eigenvalue weighted by Crippen LogP contribution is -2.04. The lowest BCUT2D eigenvalue weighted by Gasteiger charge is -2.08. The minimum Gasteiger partial charge on any atom is -0.396 e. The molecular weight excluding hydrogens is 249 g/mol. The van der Waals surface area contributed by atoms with Gasteiger partial charge in [-0.25, -0.2) is 14.6 Å². The molecule has 3 rings (SSSR count). The third kappa shape index (κ3) is 1.99. The quantitative estimate of drug-likeness (QED) is 0.703. The van der Waals surface area contributed by atoms with E-state index in [1.54, 1.807) is 19.1 Å². The van der Waals surface area contributed by atoms with Crippen molar-refractivity contribution in [3.63, 3.8) is 0 Å². The number of halogens is 1. The van der Waals surface area contributed by atoms with Crippen molar-refractivity contribution in [1.29, 1.82) is 0 Å². The molecule has 0 amide bonds. The zero-order valence-corrected chi connectivity index (χ0v) is 10.1. The van der Waals surface area contributed by atoms with Gasteiger partial charge in [0.05, 0.1) is 5.69 Å². The Balaban J connectivity index is 2.09. The van der Waals surface area contributed by atoms with E-state index in [-0.39, 0.29) is 0 Å². The van der Waals surface area contributed by atoms with Crippen LogP contribution in [0.25, 0.3) is 11.2 Å². The van der Waals surface area contributed by atoms with Crippen molar-refractivity contribution in [1.82, 2.24) is 20.3 Å². The maximum absolute atomic E-state index is 13.1. The predicted molar refractivity (Wildman–Crippen MR) is 65.7 cm³/mol. The number of hydrogen-bond donors (Lipinski definition) is 1. The fourth-order valence-electron chi connectivity index (χ4n) is 1.94. The van der Waals surface area contributed by atoms with Crippen LogP contribution in [0.5, 0.6) is 0 Å². The lowest BCUT2D eigenvalue weighted by molar-refractivity contribution is 0.315. The normalized spacial score (nSPS) is 11.1. The predicted octanol–water partition coefficient (Wildman–Crippen LogP) is 1.63. The number of aryl methyl sites for hydroxylation is 1. The van der Waals surface area contributed by atoms with E-state index in [4.69, 9.17) is 5.73 Å². The van der Waals surface area contributed by atoms with Crippen LogP contribution in [-0.2, 0) is 6.42 Å². The number of aromatic nitrogens is 4. The van der Waals surface area contributed by atoms with E-state index in [9.17, 15) is 4.39 Å². The number of nitrogens with zero attached hydrogens (tertiary/aromatic N) is 4. The van der Waals surface area contributed by atoms with Crippen LogP contribution in [-0.4, -0.2) is 20.3 Å². The zero-order valence-electron chi connectivity index (χ0n) is 10.1. The summed E-state index contributed by atoms with van der Waals surface area (Å²) in [5.41, 5.74) is 9.27. The fourth-order valence-corrected chi connectivity index (χ4v) is 1.94. The van der Waals surface area contributed by atoms with Gasteiger partial charge in [-0.15, -0.1) is 0 Å². The molecule has 0 saturated carbocycles. The third-order valence-corrected chi connectivity index (χ3v) is 2.89. The summed E-state index contributed by atoms with van der Waals surface area (Å²) in [6.45, 7) is 1.80. The van der Waals surface area contributed by atoms with Crippen LogP contribution in [0, 0.1) is 12.9 Å². The molecule has 2 N–H and O–H groups in total. The summed E-state index contributed by atoms with van der Waals surface area (Å²) in [5, 5.41) is 7.36. The lowest BCUT2D eigenvalue weighted by atomic mass is 10.1. The molecule has 3 heterocycles. The molecule has 3 aromatic rings. The molecule has 6 nitrogen and oxygen atoms in total. The summed E-state index contributed by atoms with van der Waals surface area (Å²) >= 11 is 0. The topological polar surface area (TPSA) is 90.7 Å². The summed E-state index contributed by atoms with van der Waals surface area (Å²) < 4.78 is 17.7. The molecule has 3 aromatic heterocycles. The smallest absolute Gasteiger partial charge is 0.226 e. The van der Waals surface area contributed by atoms with E-state index in [0.717, 1.165) is 5.56 Å². The van der Waals surface area contributed by atoms with Crippen molar-refractivity contribution in [3.8, 4) is 0 Å². The fraction of sp³-hybridized carbons (Fsp3) is 0.167. The largest absolute Gasteiger partial charge is 0.396 e. The van der Waals surface area contributed by atoms with Crippen LogP contribution < -0.4 is 5.73 Å². The standard InChI is InChI=1S/C12H10FN5O/c1-6-8(5-7-3-2-4-9(13)16-7)10(14)11-12(15-6)18-19-17-11/h2-4H,5,14H2,1H3. The minimum atomic E-state index is -0.522. The molecule has 0 bridgehead atoms. The molecule has 0 saturated heterocycles. The zero-order chi connectivity index (χ0) is 13.4. The maximum Gasteiger partial charge on any atom is 0.226 e. The third-order valence-electron chi connectivity index (χ3n) is 2.89. The van der Waals surface area contributed by atoms with Gasteiger partial charge in [0.25, 0.3) is 0 Å². The molecule has 0 unspecified atom stereocenters. The molecule has 0 aliphatic heterocycles. The van der Waals surface area contributed by atoms with Gasteiger partial charge in [0, 0.05) is 23.4 Å². The number of pyridine rings is 2.